The van der Waals surface area contributed by atoms with Crippen LogP contribution >= 0.6 is 0 Å². The van der Waals surface area contributed by atoms with Gasteiger partial charge in [-0.15, -0.1) is 0 Å². The van der Waals surface area contributed by atoms with E-state index >= 15 is 0 Å². The fourth-order valence-electron chi connectivity index (χ4n) is 3.50. The van der Waals surface area contributed by atoms with Crippen LogP contribution in [0.25, 0.3) is 0 Å². The zero-order valence-corrected chi connectivity index (χ0v) is 21.6. The summed E-state index contributed by atoms with van der Waals surface area (Å²) in [4.78, 5) is 70.4. The van der Waals surface area contributed by atoms with Gasteiger partial charge in [-0.1, -0.05) is 18.6 Å². The number of likely N-dealkylation sites (tertiary alicyclic amines) is 1. The van der Waals surface area contributed by atoms with Gasteiger partial charge in [-0.3, -0.25) is 24.1 Å². The van der Waals surface area contributed by atoms with E-state index in [1.807, 2.05) is 0 Å². The largest absolute Gasteiger partial charge is 0.380 e. The Bertz CT molecular complexity index is 952. The van der Waals surface area contributed by atoms with E-state index < -0.39 is 11.8 Å². The molecule has 0 radical (unpaired) electrons. The van der Waals surface area contributed by atoms with Gasteiger partial charge in [0.1, 0.15) is 12.7 Å². The van der Waals surface area contributed by atoms with E-state index in [1.165, 1.54) is 4.90 Å². The smallest absolute Gasteiger partial charge is 0.314 e. The van der Waals surface area contributed by atoms with Gasteiger partial charge in [-0.2, -0.15) is 0 Å². The van der Waals surface area contributed by atoms with Crippen LogP contribution in [0, 0.1) is 0 Å². The Hall–Kier alpha value is -3.80. The standard InChI is InChI=1S/C26H37N5O7/c32-15-4-2-1-3-11-28-26(37)29-12-5-16-38-17-13-27-22(33)19-23(34)30-21-8-6-20(7-9-21)18-25(36)31-14-10-24(31)35/h6-9,15H,1-5,10-14,16-19H2,(H,27,33)(H,30,34)(H2,28,29,37). The number of ether oxygens (including phenoxy) is 1. The summed E-state index contributed by atoms with van der Waals surface area (Å²) in [6, 6.07) is 6.42. The lowest BCUT2D eigenvalue weighted by Gasteiger charge is -2.28. The van der Waals surface area contributed by atoms with Crippen LogP contribution in [-0.2, 0) is 35.1 Å². The molecule has 2 rings (SSSR count). The monoisotopic (exact) mass is 531 g/mol. The number of hydrogen-bond acceptors (Lipinski definition) is 7. The number of rotatable bonds is 18. The number of nitrogens with zero attached hydrogens (tertiary/aromatic N) is 1. The van der Waals surface area contributed by atoms with Crippen LogP contribution in [0.5, 0.6) is 0 Å². The van der Waals surface area contributed by atoms with Crippen molar-refractivity contribution in [3.05, 3.63) is 29.8 Å². The van der Waals surface area contributed by atoms with Crippen LogP contribution in [-0.4, -0.2) is 80.2 Å². The molecule has 1 heterocycles. The zero-order valence-electron chi connectivity index (χ0n) is 21.6. The number of anilines is 1. The molecule has 6 amide bonds. The molecule has 12 heteroatoms. The molecule has 0 spiro atoms. The number of imide groups is 1. The normalized spacial score (nSPS) is 12.3. The molecule has 0 atom stereocenters. The first-order valence-electron chi connectivity index (χ1n) is 12.9. The molecular weight excluding hydrogens is 494 g/mol. The molecule has 0 bridgehead atoms. The minimum atomic E-state index is -0.469. The van der Waals surface area contributed by atoms with Crippen molar-refractivity contribution in [3.8, 4) is 0 Å². The van der Waals surface area contributed by atoms with Gasteiger partial charge in [0.05, 0.1) is 13.0 Å². The van der Waals surface area contributed by atoms with E-state index in [0.29, 0.717) is 51.2 Å². The summed E-state index contributed by atoms with van der Waals surface area (Å²) >= 11 is 0. The van der Waals surface area contributed by atoms with E-state index in [9.17, 15) is 28.8 Å². The van der Waals surface area contributed by atoms with E-state index in [-0.39, 0.29) is 43.8 Å². The molecule has 4 N–H and O–H groups in total. The molecule has 0 unspecified atom stereocenters. The number of carbonyl (C=O) groups is 6. The van der Waals surface area contributed by atoms with Gasteiger partial charge in [0.25, 0.3) is 0 Å². The number of β-lactam (4-membered cyclic amide) rings is 1. The third-order valence-corrected chi connectivity index (χ3v) is 5.67. The molecule has 1 aliphatic rings. The second-order valence-corrected chi connectivity index (χ2v) is 8.80. The molecular formula is C26H37N5O7. The van der Waals surface area contributed by atoms with Crippen molar-refractivity contribution >= 4 is 41.6 Å². The van der Waals surface area contributed by atoms with Crippen LogP contribution in [0.4, 0.5) is 10.5 Å². The molecule has 1 aromatic rings. The Labute approximate surface area is 222 Å². The average molecular weight is 532 g/mol. The van der Waals surface area contributed by atoms with Crippen molar-refractivity contribution in [2.75, 3.05) is 44.7 Å². The summed E-state index contributed by atoms with van der Waals surface area (Å²) in [5.74, 6) is -1.30. The minimum absolute atomic E-state index is 0.112. The van der Waals surface area contributed by atoms with E-state index in [4.69, 9.17) is 4.74 Å². The van der Waals surface area contributed by atoms with Crippen LogP contribution in [0.2, 0.25) is 0 Å². The fourth-order valence-corrected chi connectivity index (χ4v) is 3.50. The Balaban J connectivity index is 1.46. The molecule has 0 aliphatic carbocycles. The van der Waals surface area contributed by atoms with E-state index in [2.05, 4.69) is 21.3 Å². The van der Waals surface area contributed by atoms with Gasteiger partial charge in [0, 0.05) is 51.3 Å². The highest BCUT2D eigenvalue weighted by Gasteiger charge is 2.29. The van der Waals surface area contributed by atoms with E-state index in [0.717, 1.165) is 31.1 Å². The number of carbonyl (C=O) groups excluding carboxylic acids is 6. The summed E-state index contributed by atoms with van der Waals surface area (Å²) in [7, 11) is 0. The SMILES string of the molecule is O=CCCCCCNC(=O)NCCCOCCNC(=O)CC(=O)Nc1ccc(CC(=O)N2CCC2=O)cc1. The quantitative estimate of drug-likeness (QED) is 0.0946. The molecule has 208 valence electrons. The maximum absolute atomic E-state index is 12.1. The zero-order chi connectivity index (χ0) is 27.6. The Kier molecular flexibility index (Phi) is 14.1. The van der Waals surface area contributed by atoms with Gasteiger partial charge in [0.15, 0.2) is 0 Å². The van der Waals surface area contributed by atoms with Gasteiger partial charge in [-0.05, 0) is 37.0 Å². The van der Waals surface area contributed by atoms with Crippen LogP contribution in [0.3, 0.4) is 0 Å². The second-order valence-electron chi connectivity index (χ2n) is 8.80. The number of aldehydes is 1. The highest BCUT2D eigenvalue weighted by Crippen LogP contribution is 2.14. The summed E-state index contributed by atoms with van der Waals surface area (Å²) in [6.07, 6.45) is 4.81. The molecule has 0 aromatic heterocycles. The van der Waals surface area contributed by atoms with Crippen molar-refractivity contribution in [1.29, 1.82) is 0 Å². The first-order valence-corrected chi connectivity index (χ1v) is 12.9. The Morgan fingerprint density at radius 3 is 2.26 bits per heavy atom. The molecule has 1 aliphatic heterocycles. The topological polar surface area (TPSA) is 163 Å². The van der Waals surface area contributed by atoms with Crippen molar-refractivity contribution in [1.82, 2.24) is 20.9 Å². The molecule has 0 saturated carbocycles. The Morgan fingerprint density at radius 1 is 0.868 bits per heavy atom. The first-order chi connectivity index (χ1) is 18.4. The summed E-state index contributed by atoms with van der Waals surface area (Å²) in [5.41, 5.74) is 1.22. The van der Waals surface area contributed by atoms with Crippen molar-refractivity contribution in [2.45, 2.75) is 51.4 Å². The summed E-state index contributed by atoms with van der Waals surface area (Å²) < 4.78 is 5.41. The number of unbranched alkanes of at least 4 members (excludes halogenated alkanes) is 3. The number of benzene rings is 1. The Morgan fingerprint density at radius 2 is 1.61 bits per heavy atom. The summed E-state index contributed by atoms with van der Waals surface area (Å²) in [5, 5.41) is 10.7. The number of nitrogens with one attached hydrogen (secondary N) is 4. The molecule has 1 saturated heterocycles. The maximum Gasteiger partial charge on any atom is 0.314 e. The minimum Gasteiger partial charge on any atom is -0.380 e. The highest BCUT2D eigenvalue weighted by molar-refractivity contribution is 6.03. The molecule has 38 heavy (non-hydrogen) atoms. The van der Waals surface area contributed by atoms with Gasteiger partial charge in [-0.25, -0.2) is 4.79 Å². The van der Waals surface area contributed by atoms with Gasteiger partial charge in [0.2, 0.25) is 23.6 Å². The first kappa shape index (κ1) is 30.4. The fraction of sp³-hybridized carbons (Fsp3) is 0.538. The third kappa shape index (κ3) is 12.4. The average Bonchev–Trinajstić information content (AvgIpc) is 2.87. The molecule has 1 aromatic carbocycles. The third-order valence-electron chi connectivity index (χ3n) is 5.67. The predicted molar refractivity (Wildman–Crippen MR) is 139 cm³/mol. The van der Waals surface area contributed by atoms with Crippen LogP contribution in [0.15, 0.2) is 24.3 Å². The number of amides is 6. The van der Waals surface area contributed by atoms with Crippen molar-refractivity contribution in [3.63, 3.8) is 0 Å². The summed E-state index contributed by atoms with van der Waals surface area (Å²) in [6.45, 7) is 2.44. The van der Waals surface area contributed by atoms with Crippen LogP contribution in [0.1, 0.15) is 50.5 Å². The lowest BCUT2D eigenvalue weighted by Crippen LogP contribution is -2.48. The second kappa shape index (κ2) is 17.6. The van der Waals surface area contributed by atoms with Crippen molar-refractivity contribution < 1.29 is 33.5 Å². The highest BCUT2D eigenvalue weighted by atomic mass is 16.5. The molecule has 12 nitrogen and oxygen atoms in total. The predicted octanol–water partition coefficient (Wildman–Crippen LogP) is 0.898. The van der Waals surface area contributed by atoms with Gasteiger partial charge < -0.3 is 30.8 Å². The number of hydrogen-bond donors (Lipinski definition) is 4. The number of urea groups is 1. The molecule has 1 fully saturated rings. The maximum atomic E-state index is 12.1. The van der Waals surface area contributed by atoms with E-state index in [1.54, 1.807) is 24.3 Å². The lowest BCUT2D eigenvalue weighted by atomic mass is 10.1. The van der Waals surface area contributed by atoms with Crippen LogP contribution < -0.4 is 21.3 Å². The van der Waals surface area contributed by atoms with Gasteiger partial charge >= 0.3 is 6.03 Å². The lowest BCUT2D eigenvalue weighted by molar-refractivity contribution is -0.152. The van der Waals surface area contributed by atoms with Crippen molar-refractivity contribution in [2.24, 2.45) is 0 Å².